The molecule has 102 valence electrons. The highest BCUT2D eigenvalue weighted by atomic mass is 35.5. The molecule has 3 nitrogen and oxygen atoms in total. The summed E-state index contributed by atoms with van der Waals surface area (Å²) in [6.45, 7) is 1.94. The van der Waals surface area contributed by atoms with Crippen LogP contribution in [0.3, 0.4) is 0 Å². The van der Waals surface area contributed by atoms with Crippen molar-refractivity contribution in [3.63, 3.8) is 0 Å². The summed E-state index contributed by atoms with van der Waals surface area (Å²) in [4.78, 5) is 6.78. The smallest absolute Gasteiger partial charge is 0.138 e. The molecular formula is C15H19ClN2O. The quantitative estimate of drug-likeness (QED) is 0.862. The second kappa shape index (κ2) is 6.22. The number of fused-ring (bicyclic) bond motifs is 1. The van der Waals surface area contributed by atoms with Gasteiger partial charge in [-0.3, -0.25) is 4.98 Å². The van der Waals surface area contributed by atoms with Gasteiger partial charge in [0.15, 0.2) is 0 Å². The average molecular weight is 279 g/mol. The Bertz CT molecular complexity index is 546. The SMILES string of the molecule is CN1CCC[C@H]1COc1cnc2ccccc2c1.Cl. The van der Waals surface area contributed by atoms with E-state index in [0.29, 0.717) is 6.04 Å². The third-order valence-electron chi connectivity index (χ3n) is 3.68. The van der Waals surface area contributed by atoms with Gasteiger partial charge in [0.25, 0.3) is 0 Å². The van der Waals surface area contributed by atoms with Gasteiger partial charge in [0.05, 0.1) is 11.7 Å². The Morgan fingerprint density at radius 3 is 3.00 bits per heavy atom. The van der Waals surface area contributed by atoms with Crippen molar-refractivity contribution in [3.8, 4) is 5.75 Å². The molecule has 1 saturated heterocycles. The number of ether oxygens (including phenoxy) is 1. The van der Waals surface area contributed by atoms with Gasteiger partial charge < -0.3 is 9.64 Å². The molecule has 0 aliphatic carbocycles. The highest BCUT2D eigenvalue weighted by Crippen LogP contribution is 2.20. The summed E-state index contributed by atoms with van der Waals surface area (Å²) in [7, 11) is 2.17. The highest BCUT2D eigenvalue weighted by Gasteiger charge is 2.21. The zero-order chi connectivity index (χ0) is 12.4. The van der Waals surface area contributed by atoms with Crippen molar-refractivity contribution in [1.29, 1.82) is 0 Å². The summed E-state index contributed by atoms with van der Waals surface area (Å²) in [5.74, 6) is 0.869. The summed E-state index contributed by atoms with van der Waals surface area (Å²) in [6.07, 6.45) is 4.33. The number of rotatable bonds is 3. The molecule has 0 spiro atoms. The molecule has 0 N–H and O–H groups in total. The topological polar surface area (TPSA) is 25.4 Å². The number of halogens is 1. The third kappa shape index (κ3) is 3.17. The normalized spacial score (nSPS) is 19.3. The molecule has 0 amide bonds. The lowest BCUT2D eigenvalue weighted by molar-refractivity contribution is 0.198. The molecule has 4 heteroatoms. The van der Waals surface area contributed by atoms with Gasteiger partial charge in [0.1, 0.15) is 12.4 Å². The molecule has 1 aromatic heterocycles. The Morgan fingerprint density at radius 1 is 1.37 bits per heavy atom. The van der Waals surface area contributed by atoms with E-state index in [1.165, 1.54) is 19.4 Å². The monoisotopic (exact) mass is 278 g/mol. The van der Waals surface area contributed by atoms with Gasteiger partial charge in [0, 0.05) is 11.4 Å². The van der Waals surface area contributed by atoms with Crippen molar-refractivity contribution in [2.24, 2.45) is 0 Å². The van der Waals surface area contributed by atoms with E-state index < -0.39 is 0 Å². The van der Waals surface area contributed by atoms with Gasteiger partial charge in [-0.05, 0) is 38.6 Å². The van der Waals surface area contributed by atoms with Gasteiger partial charge in [-0.1, -0.05) is 18.2 Å². The maximum atomic E-state index is 5.86. The van der Waals surface area contributed by atoms with E-state index in [4.69, 9.17) is 4.74 Å². The van der Waals surface area contributed by atoms with Crippen LogP contribution in [-0.2, 0) is 0 Å². The van der Waals surface area contributed by atoms with Gasteiger partial charge in [-0.15, -0.1) is 12.4 Å². The van der Waals surface area contributed by atoms with Crippen LogP contribution >= 0.6 is 12.4 Å². The Morgan fingerprint density at radius 2 is 2.21 bits per heavy atom. The number of aromatic nitrogens is 1. The summed E-state index contributed by atoms with van der Waals surface area (Å²) >= 11 is 0. The van der Waals surface area contributed by atoms with E-state index >= 15 is 0 Å². The van der Waals surface area contributed by atoms with Gasteiger partial charge in [0.2, 0.25) is 0 Å². The lowest BCUT2D eigenvalue weighted by Crippen LogP contribution is -2.30. The number of hydrogen-bond acceptors (Lipinski definition) is 3. The van der Waals surface area contributed by atoms with Crippen LogP contribution < -0.4 is 4.74 Å². The number of likely N-dealkylation sites (tertiary alicyclic amines) is 1. The van der Waals surface area contributed by atoms with Crippen molar-refractivity contribution >= 4 is 23.3 Å². The van der Waals surface area contributed by atoms with E-state index in [0.717, 1.165) is 23.3 Å². The fraction of sp³-hybridized carbons (Fsp3) is 0.400. The maximum Gasteiger partial charge on any atom is 0.138 e. The van der Waals surface area contributed by atoms with E-state index in [2.05, 4.69) is 29.1 Å². The first-order valence-electron chi connectivity index (χ1n) is 6.51. The molecule has 0 saturated carbocycles. The number of likely N-dealkylation sites (N-methyl/N-ethyl adjacent to an activating group) is 1. The summed E-state index contributed by atoms with van der Waals surface area (Å²) < 4.78 is 5.86. The highest BCUT2D eigenvalue weighted by molar-refractivity contribution is 5.85. The molecule has 1 aliphatic heterocycles. The Kier molecular flexibility index (Phi) is 4.61. The predicted molar refractivity (Wildman–Crippen MR) is 80.1 cm³/mol. The van der Waals surface area contributed by atoms with Gasteiger partial charge in [-0.2, -0.15) is 0 Å². The predicted octanol–water partition coefficient (Wildman–Crippen LogP) is 3.13. The molecular weight excluding hydrogens is 260 g/mol. The zero-order valence-electron chi connectivity index (χ0n) is 11.1. The standard InChI is InChI=1S/C15H18N2O.ClH/c1-17-8-4-6-13(17)11-18-14-9-12-5-2-3-7-15(12)16-10-14;/h2-3,5,7,9-10,13H,4,6,8,11H2,1H3;1H/t13-;/m0./s1. The second-order valence-electron chi connectivity index (χ2n) is 4.95. The minimum Gasteiger partial charge on any atom is -0.490 e. The van der Waals surface area contributed by atoms with Crippen molar-refractivity contribution in [3.05, 3.63) is 36.5 Å². The zero-order valence-corrected chi connectivity index (χ0v) is 11.9. The van der Waals surface area contributed by atoms with Crippen LogP contribution in [-0.4, -0.2) is 36.1 Å². The van der Waals surface area contributed by atoms with Crippen LogP contribution in [0.2, 0.25) is 0 Å². The molecule has 19 heavy (non-hydrogen) atoms. The molecule has 0 unspecified atom stereocenters. The minimum atomic E-state index is 0. The first kappa shape index (κ1) is 14.1. The van der Waals surface area contributed by atoms with Crippen LogP contribution in [0.15, 0.2) is 36.5 Å². The molecule has 0 radical (unpaired) electrons. The second-order valence-corrected chi connectivity index (χ2v) is 4.95. The van der Waals surface area contributed by atoms with Gasteiger partial charge >= 0.3 is 0 Å². The molecule has 1 aliphatic rings. The van der Waals surface area contributed by atoms with Crippen LogP contribution in [0.5, 0.6) is 5.75 Å². The van der Waals surface area contributed by atoms with E-state index in [9.17, 15) is 0 Å². The molecule has 2 heterocycles. The maximum absolute atomic E-state index is 5.86. The van der Waals surface area contributed by atoms with Crippen LogP contribution in [0.25, 0.3) is 10.9 Å². The van der Waals surface area contributed by atoms with Crippen molar-refractivity contribution in [2.45, 2.75) is 18.9 Å². The van der Waals surface area contributed by atoms with E-state index in [1.807, 2.05) is 24.4 Å². The minimum absolute atomic E-state index is 0. The van der Waals surface area contributed by atoms with Gasteiger partial charge in [-0.25, -0.2) is 0 Å². The molecule has 0 bridgehead atoms. The Balaban J connectivity index is 0.00000133. The molecule has 2 aromatic rings. The number of nitrogens with zero attached hydrogens (tertiary/aromatic N) is 2. The van der Waals surface area contributed by atoms with E-state index in [-0.39, 0.29) is 12.4 Å². The van der Waals surface area contributed by atoms with E-state index in [1.54, 1.807) is 0 Å². The molecule has 1 fully saturated rings. The lowest BCUT2D eigenvalue weighted by atomic mass is 10.2. The third-order valence-corrected chi connectivity index (χ3v) is 3.68. The van der Waals surface area contributed by atoms with Crippen molar-refractivity contribution in [1.82, 2.24) is 9.88 Å². The molecule has 1 atom stereocenters. The summed E-state index contributed by atoms with van der Waals surface area (Å²) in [5, 5.41) is 1.13. The Hall–Kier alpha value is -1.32. The number of benzene rings is 1. The lowest BCUT2D eigenvalue weighted by Gasteiger charge is -2.19. The Labute approximate surface area is 120 Å². The number of hydrogen-bond donors (Lipinski definition) is 0. The van der Waals surface area contributed by atoms with Crippen LogP contribution in [0.1, 0.15) is 12.8 Å². The van der Waals surface area contributed by atoms with Crippen LogP contribution in [0, 0.1) is 0 Å². The summed E-state index contributed by atoms with van der Waals surface area (Å²) in [6, 6.07) is 10.7. The first-order valence-corrected chi connectivity index (χ1v) is 6.51. The molecule has 3 rings (SSSR count). The molecule has 1 aromatic carbocycles. The van der Waals surface area contributed by atoms with Crippen LogP contribution in [0.4, 0.5) is 0 Å². The fourth-order valence-corrected chi connectivity index (χ4v) is 2.51. The largest absolute Gasteiger partial charge is 0.490 e. The van der Waals surface area contributed by atoms with Crippen molar-refractivity contribution < 1.29 is 4.74 Å². The number of pyridine rings is 1. The first-order chi connectivity index (χ1) is 8.83. The number of para-hydroxylation sites is 1. The average Bonchev–Trinajstić information content (AvgIpc) is 2.82. The fourth-order valence-electron chi connectivity index (χ4n) is 2.51. The summed E-state index contributed by atoms with van der Waals surface area (Å²) in [5.41, 5.74) is 1.02. The van der Waals surface area contributed by atoms with Crippen molar-refractivity contribution in [2.75, 3.05) is 20.2 Å².